The summed E-state index contributed by atoms with van der Waals surface area (Å²) in [4.78, 5) is 16.9. The first-order valence-corrected chi connectivity index (χ1v) is 7.73. The van der Waals surface area contributed by atoms with Crippen molar-refractivity contribution in [3.63, 3.8) is 0 Å². The molecule has 2 heterocycles. The van der Waals surface area contributed by atoms with Gasteiger partial charge < -0.3 is 15.2 Å². The Hall–Kier alpha value is -1.88. The molecule has 1 aliphatic heterocycles. The first-order valence-electron chi connectivity index (χ1n) is 7.73. The number of nitrogens with zero attached hydrogens (tertiary/aromatic N) is 2. The molecule has 2 aromatic rings. The third-order valence-electron chi connectivity index (χ3n) is 4.50. The highest BCUT2D eigenvalue weighted by Gasteiger charge is 2.28. The zero-order valence-electron chi connectivity index (χ0n) is 12.2. The van der Waals surface area contributed by atoms with Crippen LogP contribution in [0, 0.1) is 0 Å². The Bertz CT molecular complexity index is 696. The Balaban J connectivity index is 1.59. The van der Waals surface area contributed by atoms with E-state index in [1.54, 1.807) is 0 Å². The molecule has 5 heteroatoms. The molecule has 0 spiro atoms. The predicted octanol–water partition coefficient (Wildman–Crippen LogP) is 2.14. The number of benzene rings is 1. The van der Waals surface area contributed by atoms with E-state index < -0.39 is 0 Å². The minimum absolute atomic E-state index is 0.0496. The fourth-order valence-corrected chi connectivity index (χ4v) is 3.14. The molecule has 21 heavy (non-hydrogen) atoms. The van der Waals surface area contributed by atoms with E-state index in [9.17, 15) is 4.79 Å². The van der Waals surface area contributed by atoms with Gasteiger partial charge in [-0.1, -0.05) is 0 Å². The lowest BCUT2D eigenvalue weighted by molar-refractivity contribution is -0.117. The van der Waals surface area contributed by atoms with E-state index in [1.165, 1.54) is 18.7 Å². The van der Waals surface area contributed by atoms with Crippen molar-refractivity contribution in [2.45, 2.75) is 37.6 Å². The summed E-state index contributed by atoms with van der Waals surface area (Å²) >= 11 is 0. The summed E-state index contributed by atoms with van der Waals surface area (Å²) in [5.41, 5.74) is 2.94. The lowest BCUT2D eigenvalue weighted by atomic mass is 10.2. The average Bonchev–Trinajstić information content (AvgIpc) is 3.06. The molecular formula is C16H20N4O. The van der Waals surface area contributed by atoms with Gasteiger partial charge in [0.2, 0.25) is 5.91 Å². The van der Waals surface area contributed by atoms with Crippen LogP contribution in [0.5, 0.6) is 0 Å². The molecule has 2 aliphatic rings. The van der Waals surface area contributed by atoms with Crippen LogP contribution < -0.4 is 10.6 Å². The van der Waals surface area contributed by atoms with Crippen LogP contribution in [-0.4, -0.2) is 28.0 Å². The van der Waals surface area contributed by atoms with Gasteiger partial charge in [0.1, 0.15) is 5.82 Å². The van der Waals surface area contributed by atoms with Crippen molar-refractivity contribution in [1.82, 2.24) is 14.9 Å². The molecule has 1 aliphatic carbocycles. The highest BCUT2D eigenvalue weighted by Crippen LogP contribution is 2.40. The lowest BCUT2D eigenvalue weighted by Crippen LogP contribution is -2.35. The fraction of sp³-hybridized carbons (Fsp3) is 0.500. The molecule has 1 atom stereocenters. The average molecular weight is 284 g/mol. The Morgan fingerprint density at radius 3 is 2.95 bits per heavy atom. The van der Waals surface area contributed by atoms with Gasteiger partial charge >= 0.3 is 0 Å². The van der Waals surface area contributed by atoms with Crippen molar-refractivity contribution >= 4 is 22.6 Å². The number of hydrogen-bond donors (Lipinski definition) is 2. The molecule has 1 unspecified atom stereocenters. The van der Waals surface area contributed by atoms with Crippen LogP contribution in [-0.2, 0) is 11.8 Å². The van der Waals surface area contributed by atoms with Crippen molar-refractivity contribution in [2.75, 3.05) is 11.9 Å². The molecule has 1 saturated carbocycles. The highest BCUT2D eigenvalue weighted by molar-refractivity contribution is 5.96. The van der Waals surface area contributed by atoms with Crippen LogP contribution >= 0.6 is 0 Å². The largest absolute Gasteiger partial charge is 0.331 e. The highest BCUT2D eigenvalue weighted by atomic mass is 16.2. The number of imidazole rings is 1. The Morgan fingerprint density at radius 1 is 1.38 bits per heavy atom. The second-order valence-corrected chi connectivity index (χ2v) is 6.14. The molecule has 0 bridgehead atoms. The summed E-state index contributed by atoms with van der Waals surface area (Å²) in [6.45, 7) is 0.933. The number of hydrogen-bond acceptors (Lipinski definition) is 3. The molecule has 1 aromatic carbocycles. The molecule has 110 valence electrons. The van der Waals surface area contributed by atoms with Gasteiger partial charge in [-0.2, -0.15) is 0 Å². The van der Waals surface area contributed by atoms with Crippen molar-refractivity contribution in [3.8, 4) is 0 Å². The van der Waals surface area contributed by atoms with E-state index in [4.69, 9.17) is 4.98 Å². The number of fused-ring (bicyclic) bond motifs is 1. The zero-order valence-corrected chi connectivity index (χ0v) is 12.2. The predicted molar refractivity (Wildman–Crippen MR) is 82.3 cm³/mol. The standard InChI is InChI=1S/C16H20N4O/c1-20-14-7-6-11(18-16(21)12-3-2-8-17-12)9-13(14)19-15(20)10-4-5-10/h6-7,9-10,12,17H,2-5,8H2,1H3,(H,18,21). The van der Waals surface area contributed by atoms with E-state index in [-0.39, 0.29) is 11.9 Å². The normalized spacial score (nSPS) is 21.9. The molecule has 2 fully saturated rings. The maximum absolute atomic E-state index is 12.1. The van der Waals surface area contributed by atoms with Gasteiger partial charge in [-0.15, -0.1) is 0 Å². The summed E-state index contributed by atoms with van der Waals surface area (Å²) in [6.07, 6.45) is 4.48. The van der Waals surface area contributed by atoms with Crippen molar-refractivity contribution in [1.29, 1.82) is 0 Å². The van der Waals surface area contributed by atoms with E-state index in [1.807, 2.05) is 18.2 Å². The fourth-order valence-electron chi connectivity index (χ4n) is 3.14. The number of aryl methyl sites for hydroxylation is 1. The van der Waals surface area contributed by atoms with Gasteiger partial charge in [0.25, 0.3) is 0 Å². The summed E-state index contributed by atoms with van der Waals surface area (Å²) in [5, 5.41) is 6.22. The number of nitrogens with one attached hydrogen (secondary N) is 2. The molecule has 1 amide bonds. The molecule has 4 rings (SSSR count). The van der Waals surface area contributed by atoms with Crippen LogP contribution in [0.4, 0.5) is 5.69 Å². The van der Waals surface area contributed by atoms with Gasteiger partial charge in [-0.05, 0) is 50.4 Å². The maximum atomic E-state index is 12.1. The third kappa shape index (κ3) is 2.31. The monoisotopic (exact) mass is 284 g/mol. The molecule has 1 aromatic heterocycles. The Labute approximate surface area is 123 Å². The Morgan fingerprint density at radius 2 is 2.24 bits per heavy atom. The second-order valence-electron chi connectivity index (χ2n) is 6.14. The summed E-state index contributed by atoms with van der Waals surface area (Å²) in [7, 11) is 2.07. The van der Waals surface area contributed by atoms with E-state index in [0.717, 1.165) is 36.1 Å². The minimum atomic E-state index is -0.0496. The van der Waals surface area contributed by atoms with Gasteiger partial charge in [0.15, 0.2) is 0 Å². The molecular weight excluding hydrogens is 264 g/mol. The van der Waals surface area contributed by atoms with E-state index in [0.29, 0.717) is 5.92 Å². The number of aromatic nitrogens is 2. The molecule has 5 nitrogen and oxygen atoms in total. The van der Waals surface area contributed by atoms with E-state index in [2.05, 4.69) is 22.2 Å². The van der Waals surface area contributed by atoms with Gasteiger partial charge in [0, 0.05) is 18.7 Å². The first kappa shape index (κ1) is 12.8. The SMILES string of the molecule is Cn1c(C2CC2)nc2cc(NC(=O)C3CCCN3)ccc21. The topological polar surface area (TPSA) is 59.0 Å². The Kier molecular flexibility index (Phi) is 2.96. The molecule has 1 saturated heterocycles. The van der Waals surface area contributed by atoms with Crippen LogP contribution in [0.2, 0.25) is 0 Å². The van der Waals surface area contributed by atoms with Gasteiger partial charge in [-0.3, -0.25) is 4.79 Å². The number of carbonyl (C=O) groups is 1. The quantitative estimate of drug-likeness (QED) is 0.908. The summed E-state index contributed by atoms with van der Waals surface area (Å²) < 4.78 is 2.18. The van der Waals surface area contributed by atoms with Crippen LogP contribution in [0.1, 0.15) is 37.4 Å². The zero-order chi connectivity index (χ0) is 14.4. The van der Waals surface area contributed by atoms with E-state index >= 15 is 0 Å². The number of carbonyl (C=O) groups excluding carboxylic acids is 1. The smallest absolute Gasteiger partial charge is 0.241 e. The summed E-state index contributed by atoms with van der Waals surface area (Å²) in [5.74, 6) is 1.86. The van der Waals surface area contributed by atoms with Crippen molar-refractivity contribution in [2.24, 2.45) is 7.05 Å². The van der Waals surface area contributed by atoms with Crippen molar-refractivity contribution < 1.29 is 4.79 Å². The van der Waals surface area contributed by atoms with Crippen LogP contribution in [0.15, 0.2) is 18.2 Å². The first-order chi connectivity index (χ1) is 10.2. The van der Waals surface area contributed by atoms with Gasteiger partial charge in [0.05, 0.1) is 17.1 Å². The third-order valence-corrected chi connectivity index (χ3v) is 4.50. The molecule has 0 radical (unpaired) electrons. The van der Waals surface area contributed by atoms with Crippen molar-refractivity contribution in [3.05, 3.63) is 24.0 Å². The van der Waals surface area contributed by atoms with Crippen LogP contribution in [0.3, 0.4) is 0 Å². The maximum Gasteiger partial charge on any atom is 0.241 e. The lowest BCUT2D eigenvalue weighted by Gasteiger charge is -2.11. The number of rotatable bonds is 3. The number of amides is 1. The minimum Gasteiger partial charge on any atom is -0.331 e. The summed E-state index contributed by atoms with van der Waals surface area (Å²) in [6, 6.07) is 5.94. The van der Waals surface area contributed by atoms with Crippen LogP contribution in [0.25, 0.3) is 11.0 Å². The second kappa shape index (κ2) is 4.84. The van der Waals surface area contributed by atoms with Gasteiger partial charge in [-0.25, -0.2) is 4.98 Å². The number of anilines is 1. The molecule has 2 N–H and O–H groups in total.